The number of fused-ring (bicyclic) bond motifs is 1. The number of benzene rings is 3. The van der Waals surface area contributed by atoms with Gasteiger partial charge in [-0.1, -0.05) is 83.8 Å². The first-order valence-corrected chi connectivity index (χ1v) is 12.6. The maximum absolute atomic E-state index is 13.1. The van der Waals surface area contributed by atoms with Gasteiger partial charge in [-0.05, 0) is 61.0 Å². The molecule has 0 radical (unpaired) electrons. The Hall–Kier alpha value is -3.18. The highest BCUT2D eigenvalue weighted by molar-refractivity contribution is 6.35. The molecule has 36 heavy (non-hydrogen) atoms. The Kier molecular flexibility index (Phi) is 7.79. The Morgan fingerprint density at radius 1 is 1.03 bits per heavy atom. The van der Waals surface area contributed by atoms with Crippen molar-refractivity contribution >= 4 is 62.9 Å². The molecule has 1 aromatic heterocycles. The number of carbonyl (C=O) groups excluding carboxylic acids is 1. The normalized spacial score (nSPS) is 12.7. The van der Waals surface area contributed by atoms with Gasteiger partial charge in [0.15, 0.2) is 0 Å². The molecule has 4 aromatic rings. The molecular formula is C29H26Cl3N3O. The summed E-state index contributed by atoms with van der Waals surface area (Å²) in [6, 6.07) is 20.8. The van der Waals surface area contributed by atoms with E-state index in [1.165, 1.54) is 0 Å². The van der Waals surface area contributed by atoms with E-state index < -0.39 is 0 Å². The molecule has 4 rings (SSSR count). The Labute approximate surface area is 226 Å². The second-order valence-corrected chi connectivity index (χ2v) is 9.70. The Balaban J connectivity index is 2.06. The minimum Gasteiger partial charge on any atom is -0.354 e. The number of allylic oxidation sites excluding steroid dienone is 1. The maximum atomic E-state index is 13.1. The number of nitrogens with zero attached hydrogens (tertiary/aromatic N) is 1. The number of hydrogen-bond acceptors (Lipinski definition) is 2. The second-order valence-electron chi connectivity index (χ2n) is 8.42. The van der Waals surface area contributed by atoms with Crippen molar-refractivity contribution in [2.24, 2.45) is 0 Å². The van der Waals surface area contributed by atoms with Crippen LogP contribution < -0.4 is 5.32 Å². The molecular weight excluding hydrogens is 513 g/mol. The first-order valence-electron chi connectivity index (χ1n) is 11.4. The van der Waals surface area contributed by atoms with Crippen molar-refractivity contribution in [1.82, 2.24) is 15.2 Å². The predicted octanol–water partition coefficient (Wildman–Crippen LogP) is 8.58. The molecule has 0 aliphatic rings. The van der Waals surface area contributed by atoms with Crippen LogP contribution in [0.25, 0.3) is 22.2 Å². The van der Waals surface area contributed by atoms with Crippen molar-refractivity contribution in [1.29, 1.82) is 0 Å². The molecule has 2 N–H and O–H groups in total. The van der Waals surface area contributed by atoms with E-state index in [2.05, 4.69) is 16.9 Å². The fourth-order valence-electron chi connectivity index (χ4n) is 4.48. The van der Waals surface area contributed by atoms with Gasteiger partial charge in [-0.25, -0.2) is 0 Å². The molecule has 0 fully saturated rings. The van der Waals surface area contributed by atoms with Crippen LogP contribution in [0.2, 0.25) is 15.1 Å². The summed E-state index contributed by atoms with van der Waals surface area (Å²) in [5.41, 5.74) is 5.62. The fraction of sp³-hybridized carbons (Fsp3) is 0.138. The predicted molar refractivity (Wildman–Crippen MR) is 153 cm³/mol. The Bertz CT molecular complexity index is 1470. The van der Waals surface area contributed by atoms with Gasteiger partial charge in [-0.2, -0.15) is 0 Å². The van der Waals surface area contributed by atoms with E-state index >= 15 is 0 Å². The van der Waals surface area contributed by atoms with Crippen molar-refractivity contribution < 1.29 is 4.79 Å². The smallest absolute Gasteiger partial charge is 0.268 e. The molecule has 184 valence electrons. The number of aromatic amines is 1. The molecule has 1 unspecified atom stereocenters. The molecule has 1 atom stereocenters. The van der Waals surface area contributed by atoms with Gasteiger partial charge < -0.3 is 15.2 Å². The zero-order valence-corrected chi connectivity index (χ0v) is 22.5. The quantitative estimate of drug-likeness (QED) is 0.247. The summed E-state index contributed by atoms with van der Waals surface area (Å²) in [7, 11) is 1.61. The Morgan fingerprint density at radius 3 is 2.33 bits per heavy atom. The minimum atomic E-state index is -0.239. The molecule has 3 aromatic carbocycles. The van der Waals surface area contributed by atoms with Crippen LogP contribution in [-0.4, -0.2) is 22.8 Å². The summed E-state index contributed by atoms with van der Waals surface area (Å²) in [5.74, 6) is -0.239. The molecule has 0 saturated heterocycles. The molecule has 0 bridgehead atoms. The summed E-state index contributed by atoms with van der Waals surface area (Å²) in [4.78, 5) is 18.4. The van der Waals surface area contributed by atoms with Gasteiger partial charge in [0.25, 0.3) is 5.91 Å². The van der Waals surface area contributed by atoms with Crippen LogP contribution in [0.4, 0.5) is 0 Å². The number of aromatic nitrogens is 1. The molecule has 0 spiro atoms. The number of amides is 1. The number of rotatable bonds is 7. The lowest BCUT2D eigenvalue weighted by atomic mass is 9.95. The van der Waals surface area contributed by atoms with E-state index in [4.69, 9.17) is 34.8 Å². The van der Waals surface area contributed by atoms with E-state index in [9.17, 15) is 4.79 Å². The summed E-state index contributed by atoms with van der Waals surface area (Å²) in [6.07, 6.45) is 1.76. The lowest BCUT2D eigenvalue weighted by Crippen LogP contribution is -2.24. The van der Waals surface area contributed by atoms with Crippen molar-refractivity contribution in [2.45, 2.75) is 19.9 Å². The van der Waals surface area contributed by atoms with Gasteiger partial charge >= 0.3 is 0 Å². The molecule has 0 saturated carbocycles. The van der Waals surface area contributed by atoms with E-state index in [-0.39, 0.29) is 11.9 Å². The number of H-pyrrole nitrogens is 1. The highest BCUT2D eigenvalue weighted by atomic mass is 35.5. The van der Waals surface area contributed by atoms with Crippen LogP contribution in [0.15, 0.2) is 79.5 Å². The maximum Gasteiger partial charge on any atom is 0.268 e. The Morgan fingerprint density at radius 2 is 1.69 bits per heavy atom. The van der Waals surface area contributed by atoms with E-state index in [1.807, 2.05) is 79.4 Å². The first-order chi connectivity index (χ1) is 17.3. The third kappa shape index (κ3) is 4.90. The molecule has 1 heterocycles. The summed E-state index contributed by atoms with van der Waals surface area (Å²) in [5, 5.41) is 5.31. The van der Waals surface area contributed by atoms with Crippen molar-refractivity contribution in [2.75, 3.05) is 7.05 Å². The van der Waals surface area contributed by atoms with Crippen LogP contribution in [0, 0.1) is 0 Å². The highest BCUT2D eigenvalue weighted by Crippen LogP contribution is 2.42. The first kappa shape index (κ1) is 25.9. The number of nitrogens with one attached hydrogen (secondary N) is 2. The molecule has 7 heteroatoms. The van der Waals surface area contributed by atoms with Crippen molar-refractivity contribution in [3.63, 3.8) is 0 Å². The number of carbonyl (C=O) groups is 1. The third-order valence-corrected chi connectivity index (χ3v) is 7.10. The lowest BCUT2D eigenvalue weighted by molar-refractivity contribution is 0.0958. The van der Waals surface area contributed by atoms with Crippen molar-refractivity contribution in [3.8, 4) is 0 Å². The molecule has 4 nitrogen and oxygen atoms in total. The minimum absolute atomic E-state index is 0.226. The monoisotopic (exact) mass is 537 g/mol. The van der Waals surface area contributed by atoms with Crippen LogP contribution in [-0.2, 0) is 0 Å². The summed E-state index contributed by atoms with van der Waals surface area (Å²) < 4.78 is 0. The van der Waals surface area contributed by atoms with E-state index in [0.717, 1.165) is 38.9 Å². The van der Waals surface area contributed by atoms with Crippen LogP contribution in [0.5, 0.6) is 0 Å². The fourth-order valence-corrected chi connectivity index (χ4v) is 5.22. The van der Waals surface area contributed by atoms with Crippen LogP contribution >= 0.6 is 34.8 Å². The van der Waals surface area contributed by atoms with Gasteiger partial charge in [0, 0.05) is 38.6 Å². The van der Waals surface area contributed by atoms with Gasteiger partial charge in [-0.15, -0.1) is 0 Å². The second kappa shape index (κ2) is 10.8. The average Bonchev–Trinajstić information content (AvgIpc) is 3.24. The lowest BCUT2D eigenvalue weighted by Gasteiger charge is -2.33. The topological polar surface area (TPSA) is 48.1 Å². The van der Waals surface area contributed by atoms with Gasteiger partial charge in [-0.3, -0.25) is 4.79 Å². The largest absolute Gasteiger partial charge is 0.354 e. The van der Waals surface area contributed by atoms with E-state index in [1.54, 1.807) is 19.3 Å². The highest BCUT2D eigenvalue weighted by Gasteiger charge is 2.28. The standard InChI is InChI=1S/C29H26Cl3N3O/c1-5-35(18(3)22-13-11-20(30)15-24(22)32)28(17(2)19-9-7-6-8-10-19)26-23-14-12-21(31)16-25(23)34-27(26)29(36)33-4/h5-16,18,34H,1H2,2-4H3,(H,33,36)/b28-17+. The van der Waals surface area contributed by atoms with Crippen LogP contribution in [0.3, 0.4) is 0 Å². The van der Waals surface area contributed by atoms with Gasteiger partial charge in [0.2, 0.25) is 0 Å². The SMILES string of the molecule is C=CN(/C(=C(\C)c1ccccc1)c1c(C(=O)NC)[nH]c2cc(Cl)ccc12)C(C)c1ccc(Cl)cc1Cl. The molecule has 0 aliphatic heterocycles. The number of halogens is 3. The zero-order chi connectivity index (χ0) is 26.0. The van der Waals surface area contributed by atoms with Crippen LogP contribution in [0.1, 0.15) is 47.1 Å². The average molecular weight is 539 g/mol. The van der Waals surface area contributed by atoms with E-state index in [0.29, 0.717) is 20.8 Å². The zero-order valence-electron chi connectivity index (χ0n) is 20.2. The van der Waals surface area contributed by atoms with Gasteiger partial charge in [0.1, 0.15) is 5.69 Å². The number of hydrogen-bond donors (Lipinski definition) is 2. The van der Waals surface area contributed by atoms with Gasteiger partial charge in [0.05, 0.1) is 11.7 Å². The summed E-state index contributed by atoms with van der Waals surface area (Å²) >= 11 is 19.1. The van der Waals surface area contributed by atoms with Crippen molar-refractivity contribution in [3.05, 3.63) is 117 Å². The summed E-state index contributed by atoms with van der Waals surface area (Å²) in [6.45, 7) is 8.22. The third-order valence-electron chi connectivity index (χ3n) is 6.30. The molecule has 1 amide bonds. The molecule has 0 aliphatic carbocycles.